The number of ether oxygens (including phenoxy) is 2. The Morgan fingerprint density at radius 2 is 2.12 bits per heavy atom. The zero-order chi connectivity index (χ0) is 16.9. The molecule has 0 saturated heterocycles. The van der Waals surface area contributed by atoms with E-state index < -0.39 is 0 Å². The van der Waals surface area contributed by atoms with Crippen LogP contribution in [0.2, 0.25) is 0 Å². The number of anilines is 1. The minimum atomic E-state index is -0.0764. The first kappa shape index (κ1) is 16.3. The molecule has 0 bridgehead atoms. The molecule has 7 nitrogen and oxygen atoms in total. The molecule has 3 rings (SSSR count). The van der Waals surface area contributed by atoms with E-state index in [4.69, 9.17) is 14.0 Å². The normalized spacial score (nSPS) is 12.6. The molecule has 1 aliphatic rings. The molecule has 2 heterocycles. The van der Waals surface area contributed by atoms with Crippen LogP contribution in [0.4, 0.5) is 5.82 Å². The number of aromatic nitrogens is 1. The SMILES string of the molecule is CCN(CCC(=O)Nc1cc(C)on1)Cc1ccc2c(c1)OCO2. The number of carbonyl (C=O) groups is 1. The molecule has 1 amide bonds. The molecule has 1 aliphatic heterocycles. The zero-order valence-corrected chi connectivity index (χ0v) is 13.9. The molecule has 1 aromatic heterocycles. The molecule has 24 heavy (non-hydrogen) atoms. The number of hydrogen-bond acceptors (Lipinski definition) is 6. The second-order valence-corrected chi connectivity index (χ2v) is 5.68. The van der Waals surface area contributed by atoms with Crippen LogP contribution >= 0.6 is 0 Å². The Kier molecular flexibility index (Phi) is 5.00. The number of rotatable bonds is 7. The van der Waals surface area contributed by atoms with Gasteiger partial charge in [0.25, 0.3) is 0 Å². The van der Waals surface area contributed by atoms with Gasteiger partial charge in [0.2, 0.25) is 12.7 Å². The van der Waals surface area contributed by atoms with E-state index in [1.54, 1.807) is 13.0 Å². The summed E-state index contributed by atoms with van der Waals surface area (Å²) in [5.74, 6) is 2.61. The first-order valence-corrected chi connectivity index (χ1v) is 7.98. The zero-order valence-electron chi connectivity index (χ0n) is 13.9. The van der Waals surface area contributed by atoms with Gasteiger partial charge in [-0.25, -0.2) is 0 Å². The molecule has 0 fully saturated rings. The van der Waals surface area contributed by atoms with Crippen molar-refractivity contribution in [1.82, 2.24) is 10.1 Å². The average Bonchev–Trinajstić information content (AvgIpc) is 3.19. The van der Waals surface area contributed by atoms with Crippen LogP contribution in [0.15, 0.2) is 28.8 Å². The van der Waals surface area contributed by atoms with Gasteiger partial charge in [0.05, 0.1) is 0 Å². The predicted molar refractivity (Wildman–Crippen MR) is 88.0 cm³/mol. The molecule has 0 atom stereocenters. The fourth-order valence-corrected chi connectivity index (χ4v) is 2.54. The van der Waals surface area contributed by atoms with Crippen molar-refractivity contribution < 1.29 is 18.8 Å². The minimum Gasteiger partial charge on any atom is -0.454 e. The monoisotopic (exact) mass is 331 g/mol. The van der Waals surface area contributed by atoms with Gasteiger partial charge in [0.1, 0.15) is 5.76 Å². The van der Waals surface area contributed by atoms with E-state index in [1.165, 1.54) is 0 Å². The van der Waals surface area contributed by atoms with Crippen molar-refractivity contribution in [2.45, 2.75) is 26.8 Å². The largest absolute Gasteiger partial charge is 0.454 e. The van der Waals surface area contributed by atoms with Crippen molar-refractivity contribution in [3.8, 4) is 11.5 Å². The highest BCUT2D eigenvalue weighted by atomic mass is 16.7. The molecule has 1 N–H and O–H groups in total. The molecule has 0 unspecified atom stereocenters. The number of benzene rings is 1. The van der Waals surface area contributed by atoms with E-state index in [0.29, 0.717) is 24.5 Å². The Bertz CT molecular complexity index is 714. The van der Waals surface area contributed by atoms with Crippen molar-refractivity contribution in [2.24, 2.45) is 0 Å². The van der Waals surface area contributed by atoms with Gasteiger partial charge in [-0.15, -0.1) is 0 Å². The Balaban J connectivity index is 1.50. The van der Waals surface area contributed by atoms with Crippen molar-refractivity contribution in [3.63, 3.8) is 0 Å². The number of aryl methyl sites for hydroxylation is 1. The lowest BCUT2D eigenvalue weighted by Gasteiger charge is -2.20. The van der Waals surface area contributed by atoms with Crippen LogP contribution < -0.4 is 14.8 Å². The highest BCUT2D eigenvalue weighted by molar-refractivity contribution is 5.89. The predicted octanol–water partition coefficient (Wildman–Crippen LogP) is 2.56. The highest BCUT2D eigenvalue weighted by Gasteiger charge is 2.15. The summed E-state index contributed by atoms with van der Waals surface area (Å²) in [6, 6.07) is 7.63. The van der Waals surface area contributed by atoms with Crippen LogP contribution in [0.25, 0.3) is 0 Å². The fraction of sp³-hybridized carbons (Fsp3) is 0.412. The van der Waals surface area contributed by atoms with Gasteiger partial charge in [0.15, 0.2) is 17.3 Å². The lowest BCUT2D eigenvalue weighted by molar-refractivity contribution is -0.116. The van der Waals surface area contributed by atoms with Crippen LogP contribution in [0, 0.1) is 6.92 Å². The molecule has 128 valence electrons. The summed E-state index contributed by atoms with van der Waals surface area (Å²) in [6.07, 6.45) is 0.393. The summed E-state index contributed by atoms with van der Waals surface area (Å²) in [7, 11) is 0. The Labute approximate surface area is 140 Å². The third kappa shape index (κ3) is 4.05. The van der Waals surface area contributed by atoms with Gasteiger partial charge < -0.3 is 19.3 Å². The molecular formula is C17H21N3O4. The minimum absolute atomic E-state index is 0.0764. The maximum absolute atomic E-state index is 12.0. The second kappa shape index (κ2) is 7.35. The first-order chi connectivity index (χ1) is 11.6. The second-order valence-electron chi connectivity index (χ2n) is 5.68. The van der Waals surface area contributed by atoms with Crippen molar-refractivity contribution in [3.05, 3.63) is 35.6 Å². The quantitative estimate of drug-likeness (QED) is 0.840. The maximum Gasteiger partial charge on any atom is 0.231 e. The van der Waals surface area contributed by atoms with Gasteiger partial charge in [-0.3, -0.25) is 9.69 Å². The number of fused-ring (bicyclic) bond motifs is 1. The Morgan fingerprint density at radius 1 is 1.29 bits per heavy atom. The molecule has 7 heteroatoms. The van der Waals surface area contributed by atoms with Crippen LogP contribution in [0.1, 0.15) is 24.7 Å². The lowest BCUT2D eigenvalue weighted by atomic mass is 10.2. The van der Waals surface area contributed by atoms with Gasteiger partial charge in [0, 0.05) is 25.6 Å². The summed E-state index contributed by atoms with van der Waals surface area (Å²) >= 11 is 0. The maximum atomic E-state index is 12.0. The van der Waals surface area contributed by atoms with Crippen LogP contribution in [0.3, 0.4) is 0 Å². The molecule has 0 aliphatic carbocycles. The standard InChI is InChI=1S/C17H21N3O4/c1-3-20(7-6-17(21)18-16-8-12(2)24-19-16)10-13-4-5-14-15(9-13)23-11-22-14/h4-5,8-9H,3,6-7,10-11H2,1-2H3,(H,18,19,21). The summed E-state index contributed by atoms with van der Waals surface area (Å²) < 4.78 is 15.7. The number of nitrogens with one attached hydrogen (secondary N) is 1. The number of amides is 1. The van der Waals surface area contributed by atoms with Crippen LogP contribution in [0.5, 0.6) is 11.5 Å². The molecule has 1 aromatic carbocycles. The molecule has 0 saturated carbocycles. The summed E-state index contributed by atoms with van der Waals surface area (Å²) in [6.45, 7) is 6.40. The fourth-order valence-electron chi connectivity index (χ4n) is 2.54. The van der Waals surface area contributed by atoms with Crippen LogP contribution in [-0.2, 0) is 11.3 Å². The van der Waals surface area contributed by atoms with Crippen molar-refractivity contribution >= 4 is 11.7 Å². The van der Waals surface area contributed by atoms with E-state index in [0.717, 1.165) is 30.2 Å². The van der Waals surface area contributed by atoms with E-state index >= 15 is 0 Å². The summed E-state index contributed by atoms with van der Waals surface area (Å²) in [5.41, 5.74) is 1.13. The third-order valence-corrected chi connectivity index (χ3v) is 3.84. The lowest BCUT2D eigenvalue weighted by Crippen LogP contribution is -2.27. The number of nitrogens with zero attached hydrogens (tertiary/aromatic N) is 2. The van der Waals surface area contributed by atoms with E-state index in [9.17, 15) is 4.79 Å². The van der Waals surface area contributed by atoms with E-state index in [-0.39, 0.29) is 12.7 Å². The van der Waals surface area contributed by atoms with Crippen LogP contribution in [-0.4, -0.2) is 35.8 Å². The van der Waals surface area contributed by atoms with E-state index in [1.807, 2.05) is 18.2 Å². The highest BCUT2D eigenvalue weighted by Crippen LogP contribution is 2.32. The Hall–Kier alpha value is -2.54. The van der Waals surface area contributed by atoms with E-state index in [2.05, 4.69) is 22.3 Å². The number of carbonyl (C=O) groups excluding carboxylic acids is 1. The van der Waals surface area contributed by atoms with Crippen molar-refractivity contribution in [1.29, 1.82) is 0 Å². The van der Waals surface area contributed by atoms with Gasteiger partial charge in [-0.2, -0.15) is 0 Å². The van der Waals surface area contributed by atoms with Gasteiger partial charge >= 0.3 is 0 Å². The van der Waals surface area contributed by atoms with Gasteiger partial charge in [-0.05, 0) is 31.2 Å². The van der Waals surface area contributed by atoms with Crippen molar-refractivity contribution in [2.75, 3.05) is 25.2 Å². The molecule has 2 aromatic rings. The van der Waals surface area contributed by atoms with Gasteiger partial charge in [-0.1, -0.05) is 18.1 Å². The average molecular weight is 331 g/mol. The topological polar surface area (TPSA) is 76.8 Å². The first-order valence-electron chi connectivity index (χ1n) is 7.98. The smallest absolute Gasteiger partial charge is 0.231 e. The summed E-state index contributed by atoms with van der Waals surface area (Å²) in [5, 5.41) is 6.49. The molecule has 0 radical (unpaired) electrons. The number of hydrogen-bond donors (Lipinski definition) is 1. The molecular weight excluding hydrogens is 310 g/mol. The Morgan fingerprint density at radius 3 is 2.88 bits per heavy atom. The summed E-state index contributed by atoms with van der Waals surface area (Å²) in [4.78, 5) is 14.2. The molecule has 0 spiro atoms. The third-order valence-electron chi connectivity index (χ3n) is 3.84.